The standard InChI is InChI=1S/C18H21FN6O/c1-22-14-6-7-16(11(8-14)9-20)25-10-15(17(21)26)18(24-25)23-13-4-2-12(19)3-5-13/h2-5,10-11,14,16,22H,6-8H2,1H3,(H2,21,26)(H,23,24)/t11-,14-,16?/m1/s1. The molecule has 3 rings (SSSR count). The van der Waals surface area contributed by atoms with Crippen molar-refractivity contribution in [1.29, 1.82) is 5.26 Å². The van der Waals surface area contributed by atoms with Crippen LogP contribution in [0.1, 0.15) is 35.7 Å². The summed E-state index contributed by atoms with van der Waals surface area (Å²) < 4.78 is 14.7. The topological polar surface area (TPSA) is 109 Å². The number of nitrogens with two attached hydrogens (primary N) is 1. The zero-order valence-corrected chi connectivity index (χ0v) is 14.4. The summed E-state index contributed by atoms with van der Waals surface area (Å²) in [5.74, 6) is -0.871. The number of anilines is 2. The van der Waals surface area contributed by atoms with Gasteiger partial charge in [-0.3, -0.25) is 9.48 Å². The van der Waals surface area contributed by atoms with Crippen LogP contribution in [0.2, 0.25) is 0 Å². The molecule has 0 spiro atoms. The second-order valence-electron chi connectivity index (χ2n) is 6.47. The number of rotatable bonds is 5. The summed E-state index contributed by atoms with van der Waals surface area (Å²) in [7, 11) is 1.89. The van der Waals surface area contributed by atoms with Gasteiger partial charge in [0.15, 0.2) is 5.82 Å². The molecule has 4 N–H and O–H groups in total. The Morgan fingerprint density at radius 3 is 2.73 bits per heavy atom. The summed E-state index contributed by atoms with van der Waals surface area (Å²) in [5.41, 5.74) is 6.31. The molecule has 26 heavy (non-hydrogen) atoms. The Hall–Kier alpha value is -2.92. The third-order valence-corrected chi connectivity index (χ3v) is 4.83. The highest BCUT2D eigenvalue weighted by atomic mass is 19.1. The molecular formula is C18H21FN6O. The maximum atomic E-state index is 13.1. The van der Waals surface area contributed by atoms with E-state index in [2.05, 4.69) is 21.8 Å². The second kappa shape index (κ2) is 7.54. The molecule has 8 heteroatoms. The van der Waals surface area contributed by atoms with Crippen LogP contribution in [0.3, 0.4) is 0 Å². The molecule has 1 amide bonds. The first-order valence-corrected chi connectivity index (χ1v) is 8.50. The summed E-state index contributed by atoms with van der Waals surface area (Å²) in [6.45, 7) is 0. The highest BCUT2D eigenvalue weighted by molar-refractivity contribution is 5.98. The molecule has 0 saturated heterocycles. The molecule has 1 heterocycles. The Kier molecular flexibility index (Phi) is 5.19. The van der Waals surface area contributed by atoms with Gasteiger partial charge >= 0.3 is 0 Å². The molecule has 1 aromatic heterocycles. The average molecular weight is 356 g/mol. The fourth-order valence-corrected chi connectivity index (χ4v) is 3.38. The van der Waals surface area contributed by atoms with Crippen molar-refractivity contribution in [2.24, 2.45) is 11.7 Å². The molecule has 1 saturated carbocycles. The number of hydrogen-bond acceptors (Lipinski definition) is 5. The summed E-state index contributed by atoms with van der Waals surface area (Å²) in [4.78, 5) is 11.8. The fraction of sp³-hybridized carbons (Fsp3) is 0.389. The van der Waals surface area contributed by atoms with E-state index in [0.29, 0.717) is 17.5 Å². The van der Waals surface area contributed by atoms with E-state index in [0.717, 1.165) is 19.3 Å². The number of amides is 1. The van der Waals surface area contributed by atoms with Crippen molar-refractivity contribution < 1.29 is 9.18 Å². The summed E-state index contributed by atoms with van der Waals surface area (Å²) in [5, 5.41) is 20.2. The Morgan fingerprint density at radius 1 is 1.38 bits per heavy atom. The van der Waals surface area contributed by atoms with Gasteiger partial charge < -0.3 is 16.4 Å². The number of carbonyl (C=O) groups is 1. The predicted molar refractivity (Wildman–Crippen MR) is 95.3 cm³/mol. The Balaban J connectivity index is 1.88. The monoisotopic (exact) mass is 356 g/mol. The Labute approximate surface area is 151 Å². The minimum atomic E-state index is -0.613. The minimum Gasteiger partial charge on any atom is -0.365 e. The van der Waals surface area contributed by atoms with Gasteiger partial charge in [-0.2, -0.15) is 10.4 Å². The van der Waals surface area contributed by atoms with E-state index in [-0.39, 0.29) is 23.3 Å². The van der Waals surface area contributed by atoms with Crippen LogP contribution in [-0.4, -0.2) is 28.8 Å². The van der Waals surface area contributed by atoms with E-state index < -0.39 is 5.91 Å². The molecule has 0 radical (unpaired) electrons. The van der Waals surface area contributed by atoms with Gasteiger partial charge in [-0.05, 0) is 50.6 Å². The average Bonchev–Trinajstić information content (AvgIpc) is 3.07. The van der Waals surface area contributed by atoms with Crippen LogP contribution in [0.4, 0.5) is 15.9 Å². The van der Waals surface area contributed by atoms with Crippen LogP contribution < -0.4 is 16.4 Å². The van der Waals surface area contributed by atoms with Crippen molar-refractivity contribution in [3.8, 4) is 6.07 Å². The van der Waals surface area contributed by atoms with Crippen LogP contribution in [0.5, 0.6) is 0 Å². The van der Waals surface area contributed by atoms with E-state index in [1.807, 2.05) is 7.05 Å². The zero-order chi connectivity index (χ0) is 18.7. The van der Waals surface area contributed by atoms with Crippen LogP contribution in [-0.2, 0) is 0 Å². The molecule has 136 valence electrons. The van der Waals surface area contributed by atoms with Gasteiger partial charge in [-0.15, -0.1) is 0 Å². The fourth-order valence-electron chi connectivity index (χ4n) is 3.38. The number of hydrogen-bond donors (Lipinski definition) is 3. The first-order valence-electron chi connectivity index (χ1n) is 8.50. The first-order chi connectivity index (χ1) is 12.5. The van der Waals surface area contributed by atoms with Gasteiger partial charge in [0.2, 0.25) is 0 Å². The Morgan fingerprint density at radius 2 is 2.12 bits per heavy atom. The smallest absolute Gasteiger partial charge is 0.254 e. The highest BCUT2D eigenvalue weighted by Crippen LogP contribution is 2.34. The lowest BCUT2D eigenvalue weighted by Gasteiger charge is -2.32. The number of aromatic nitrogens is 2. The molecule has 1 unspecified atom stereocenters. The number of nitrogens with one attached hydrogen (secondary N) is 2. The van der Waals surface area contributed by atoms with E-state index >= 15 is 0 Å². The number of nitriles is 1. The second-order valence-corrected chi connectivity index (χ2v) is 6.47. The van der Waals surface area contributed by atoms with Crippen molar-refractivity contribution in [3.63, 3.8) is 0 Å². The van der Waals surface area contributed by atoms with Gasteiger partial charge in [-0.25, -0.2) is 4.39 Å². The summed E-state index contributed by atoms with van der Waals surface area (Å²) in [6.07, 6.45) is 4.01. The van der Waals surface area contributed by atoms with Gasteiger partial charge in [0.05, 0.1) is 18.0 Å². The van der Waals surface area contributed by atoms with Crippen molar-refractivity contribution in [1.82, 2.24) is 15.1 Å². The first kappa shape index (κ1) is 17.9. The lowest BCUT2D eigenvalue weighted by molar-refractivity contribution is 0.100. The number of nitrogens with zero attached hydrogens (tertiary/aromatic N) is 3. The number of primary amides is 1. The number of halogens is 1. The molecule has 1 fully saturated rings. The SMILES string of the molecule is CN[C@@H]1CCC(n2cc(C(N)=O)c(Nc3ccc(F)cc3)n2)[C@@H](C#N)C1. The quantitative estimate of drug-likeness (QED) is 0.762. The van der Waals surface area contributed by atoms with Gasteiger partial charge in [0, 0.05) is 17.9 Å². The van der Waals surface area contributed by atoms with Gasteiger partial charge in [-0.1, -0.05) is 0 Å². The minimum absolute atomic E-state index is 0.119. The van der Waals surface area contributed by atoms with E-state index in [1.165, 1.54) is 12.1 Å². The van der Waals surface area contributed by atoms with E-state index in [1.54, 1.807) is 23.0 Å². The molecule has 7 nitrogen and oxygen atoms in total. The van der Waals surface area contributed by atoms with Crippen LogP contribution >= 0.6 is 0 Å². The van der Waals surface area contributed by atoms with Crippen LogP contribution in [0.25, 0.3) is 0 Å². The lowest BCUT2D eigenvalue weighted by Crippen LogP contribution is -2.36. The molecular weight excluding hydrogens is 335 g/mol. The summed E-state index contributed by atoms with van der Waals surface area (Å²) >= 11 is 0. The van der Waals surface area contributed by atoms with Crippen molar-refractivity contribution in [2.75, 3.05) is 12.4 Å². The lowest BCUT2D eigenvalue weighted by atomic mass is 9.82. The molecule has 1 aromatic carbocycles. The number of carbonyl (C=O) groups excluding carboxylic acids is 1. The van der Waals surface area contributed by atoms with Gasteiger partial charge in [0.1, 0.15) is 11.4 Å². The van der Waals surface area contributed by atoms with E-state index in [9.17, 15) is 14.4 Å². The van der Waals surface area contributed by atoms with Crippen molar-refractivity contribution in [3.05, 3.63) is 41.8 Å². The van der Waals surface area contributed by atoms with Crippen LogP contribution in [0.15, 0.2) is 30.5 Å². The van der Waals surface area contributed by atoms with Gasteiger partial charge in [0.25, 0.3) is 5.91 Å². The highest BCUT2D eigenvalue weighted by Gasteiger charge is 2.32. The van der Waals surface area contributed by atoms with E-state index in [4.69, 9.17) is 5.73 Å². The Bertz CT molecular complexity index is 825. The van der Waals surface area contributed by atoms with Crippen LogP contribution in [0, 0.1) is 23.1 Å². The molecule has 1 aliphatic rings. The van der Waals surface area contributed by atoms with Crippen molar-refractivity contribution >= 4 is 17.4 Å². The molecule has 0 bridgehead atoms. The maximum Gasteiger partial charge on any atom is 0.254 e. The molecule has 3 atom stereocenters. The zero-order valence-electron chi connectivity index (χ0n) is 14.4. The third kappa shape index (κ3) is 3.68. The maximum absolute atomic E-state index is 13.1. The largest absolute Gasteiger partial charge is 0.365 e. The van der Waals surface area contributed by atoms with Crippen molar-refractivity contribution in [2.45, 2.75) is 31.3 Å². The predicted octanol–water partition coefficient (Wildman–Crippen LogP) is 2.32. The normalized spacial score (nSPS) is 22.6. The third-order valence-electron chi connectivity index (χ3n) is 4.83. The summed E-state index contributed by atoms with van der Waals surface area (Å²) in [6, 6.07) is 8.27. The number of benzene rings is 1. The molecule has 1 aliphatic carbocycles. The molecule has 0 aliphatic heterocycles. The molecule has 2 aromatic rings.